The Morgan fingerprint density at radius 2 is 1.71 bits per heavy atom. The van der Waals surface area contributed by atoms with Crippen molar-refractivity contribution in [2.75, 3.05) is 0 Å². The van der Waals surface area contributed by atoms with Gasteiger partial charge in [-0.1, -0.05) is 69.0 Å². The molecule has 0 bridgehead atoms. The number of furan rings is 1. The second kappa shape index (κ2) is 5.95. The monoisotopic (exact) mass is 338 g/mol. The Morgan fingerprint density at radius 1 is 1.08 bits per heavy atom. The van der Waals surface area contributed by atoms with E-state index >= 15 is 0 Å². The van der Waals surface area contributed by atoms with E-state index in [2.05, 4.69) is 37.8 Å². The van der Waals surface area contributed by atoms with Crippen molar-refractivity contribution in [2.45, 2.75) is 33.0 Å². The zero-order valence-electron chi connectivity index (χ0n) is 14.5. The zero-order chi connectivity index (χ0) is 17.5. The van der Waals surface area contributed by atoms with Gasteiger partial charge in [0.25, 0.3) is 0 Å². The lowest BCUT2D eigenvalue weighted by Gasteiger charge is -2.16. The van der Waals surface area contributed by atoms with Crippen LogP contribution in [-0.4, -0.2) is 19.1 Å². The van der Waals surface area contributed by atoms with E-state index in [9.17, 15) is 9.90 Å². The number of carboxylic acid groups (broad SMARTS) is 1. The molecule has 0 saturated heterocycles. The molecule has 3 aromatic rings. The van der Waals surface area contributed by atoms with E-state index in [1.807, 2.05) is 25.1 Å². The van der Waals surface area contributed by atoms with E-state index < -0.39 is 14.0 Å². The largest absolute Gasteiger partial charge is 0.478 e. The summed E-state index contributed by atoms with van der Waals surface area (Å²) >= 11 is 0. The number of aliphatic carboxylic acids is 1. The molecule has 0 spiro atoms. The molecule has 0 atom stereocenters. The zero-order valence-corrected chi connectivity index (χ0v) is 15.5. The lowest BCUT2D eigenvalue weighted by Crippen LogP contribution is -2.37. The molecule has 1 heterocycles. The maximum absolute atomic E-state index is 11.7. The summed E-state index contributed by atoms with van der Waals surface area (Å²) in [5.41, 5.74) is 2.52. The summed E-state index contributed by atoms with van der Waals surface area (Å²) in [4.78, 5) is 11.7. The second-order valence-corrected chi connectivity index (χ2v) is 12.1. The van der Waals surface area contributed by atoms with Crippen LogP contribution in [0.2, 0.25) is 19.6 Å². The molecule has 0 aliphatic rings. The van der Waals surface area contributed by atoms with Gasteiger partial charge in [-0.3, -0.25) is 0 Å². The second-order valence-electron chi connectivity index (χ2n) is 7.05. The minimum absolute atomic E-state index is 0.303. The first-order valence-electron chi connectivity index (χ1n) is 8.23. The first kappa shape index (κ1) is 16.5. The van der Waals surface area contributed by atoms with Crippen LogP contribution in [0.4, 0.5) is 0 Å². The lowest BCUT2D eigenvalue weighted by molar-refractivity contribution is -0.130. The van der Waals surface area contributed by atoms with Crippen LogP contribution in [0.25, 0.3) is 27.5 Å². The summed E-state index contributed by atoms with van der Waals surface area (Å²) < 4.78 is 6.25. The highest BCUT2D eigenvalue weighted by molar-refractivity contribution is 6.90. The highest BCUT2D eigenvalue weighted by Gasteiger charge is 2.24. The van der Waals surface area contributed by atoms with Gasteiger partial charge in [0.1, 0.15) is 11.2 Å². The number of hydrogen-bond donors (Lipinski definition) is 1. The number of hydrogen-bond acceptors (Lipinski definition) is 2. The fourth-order valence-electron chi connectivity index (χ4n) is 3.14. The molecule has 0 amide bonds. The van der Waals surface area contributed by atoms with Gasteiger partial charge in [-0.2, -0.15) is 0 Å². The van der Waals surface area contributed by atoms with Gasteiger partial charge in [0.2, 0.25) is 0 Å². The van der Waals surface area contributed by atoms with E-state index in [4.69, 9.17) is 4.42 Å². The molecule has 2 aromatic carbocycles. The molecule has 3 nitrogen and oxygen atoms in total. The average Bonchev–Trinajstić information content (AvgIpc) is 2.90. The van der Waals surface area contributed by atoms with E-state index in [0.717, 1.165) is 16.4 Å². The molecule has 1 aromatic heterocycles. The number of fused-ring (bicyclic) bond motifs is 3. The maximum Gasteiger partial charge on any atom is 0.336 e. The number of para-hydroxylation sites is 2. The van der Waals surface area contributed by atoms with Gasteiger partial charge in [0, 0.05) is 16.3 Å². The van der Waals surface area contributed by atoms with Gasteiger partial charge in [0.05, 0.1) is 13.6 Å². The third-order valence-corrected chi connectivity index (χ3v) is 6.27. The van der Waals surface area contributed by atoms with Gasteiger partial charge in [-0.25, -0.2) is 4.79 Å². The van der Waals surface area contributed by atoms with Gasteiger partial charge >= 0.3 is 5.97 Å². The molecule has 124 valence electrons. The Balaban J connectivity index is 2.40. The van der Waals surface area contributed by atoms with Crippen LogP contribution in [0.3, 0.4) is 0 Å². The van der Waals surface area contributed by atoms with E-state index in [0.29, 0.717) is 23.1 Å². The minimum Gasteiger partial charge on any atom is -0.478 e. The SMILES string of the molecule is CCC=C(C(=O)O)c1cccc2c1oc1c([Si](C)(C)C)cccc12. The summed E-state index contributed by atoms with van der Waals surface area (Å²) in [6, 6.07) is 12.0. The van der Waals surface area contributed by atoms with Crippen LogP contribution in [0, 0.1) is 0 Å². The van der Waals surface area contributed by atoms with Crippen LogP contribution in [0.15, 0.2) is 46.9 Å². The van der Waals surface area contributed by atoms with Crippen molar-refractivity contribution < 1.29 is 14.3 Å². The number of carboxylic acids is 1. The minimum atomic E-state index is -1.57. The van der Waals surface area contributed by atoms with E-state index in [1.165, 1.54) is 5.19 Å². The van der Waals surface area contributed by atoms with Crippen LogP contribution in [0.1, 0.15) is 18.9 Å². The molecule has 0 aliphatic carbocycles. The Kier molecular flexibility index (Phi) is 4.09. The fraction of sp³-hybridized carbons (Fsp3) is 0.250. The molecular weight excluding hydrogens is 316 g/mol. The maximum atomic E-state index is 11.7. The number of carbonyl (C=O) groups is 1. The van der Waals surface area contributed by atoms with Crippen LogP contribution in [-0.2, 0) is 4.79 Å². The quantitative estimate of drug-likeness (QED) is 0.537. The molecule has 0 saturated carbocycles. The predicted molar refractivity (Wildman–Crippen MR) is 103 cm³/mol. The predicted octanol–water partition coefficient (Wildman–Crippen LogP) is 5.01. The van der Waals surface area contributed by atoms with Crippen LogP contribution >= 0.6 is 0 Å². The van der Waals surface area contributed by atoms with Crippen molar-refractivity contribution in [2.24, 2.45) is 0 Å². The van der Waals surface area contributed by atoms with E-state index in [-0.39, 0.29) is 0 Å². The Hall–Kier alpha value is -2.33. The van der Waals surface area contributed by atoms with Crippen LogP contribution < -0.4 is 5.19 Å². The van der Waals surface area contributed by atoms with Gasteiger partial charge < -0.3 is 9.52 Å². The third-order valence-electron chi connectivity index (χ3n) is 4.26. The molecular formula is C20H22O3Si. The van der Waals surface area contributed by atoms with Crippen molar-refractivity contribution >= 4 is 46.7 Å². The number of rotatable bonds is 4. The smallest absolute Gasteiger partial charge is 0.336 e. The first-order chi connectivity index (χ1) is 11.3. The van der Waals surface area contributed by atoms with Gasteiger partial charge in [0.15, 0.2) is 0 Å². The summed E-state index contributed by atoms with van der Waals surface area (Å²) in [5.74, 6) is -0.921. The first-order valence-corrected chi connectivity index (χ1v) is 11.7. The number of benzene rings is 2. The van der Waals surface area contributed by atoms with Gasteiger partial charge in [-0.15, -0.1) is 0 Å². The number of allylic oxidation sites excluding steroid dienone is 1. The molecule has 3 rings (SSSR count). The fourth-order valence-corrected chi connectivity index (χ4v) is 4.60. The molecule has 0 fully saturated rings. The van der Waals surface area contributed by atoms with Gasteiger partial charge in [-0.05, 0) is 11.6 Å². The van der Waals surface area contributed by atoms with E-state index in [1.54, 1.807) is 6.08 Å². The topological polar surface area (TPSA) is 50.4 Å². The van der Waals surface area contributed by atoms with Crippen molar-refractivity contribution in [1.82, 2.24) is 0 Å². The molecule has 0 radical (unpaired) electrons. The molecule has 1 N–H and O–H groups in total. The summed E-state index contributed by atoms with van der Waals surface area (Å²) in [6.45, 7) is 8.80. The summed E-state index contributed by atoms with van der Waals surface area (Å²) in [7, 11) is -1.57. The molecule has 24 heavy (non-hydrogen) atoms. The Morgan fingerprint density at radius 3 is 2.29 bits per heavy atom. The lowest BCUT2D eigenvalue weighted by atomic mass is 10.0. The average molecular weight is 338 g/mol. The molecule has 0 aliphatic heterocycles. The Labute approximate surface area is 142 Å². The Bertz CT molecular complexity index is 958. The third kappa shape index (κ3) is 2.67. The van der Waals surface area contributed by atoms with Crippen molar-refractivity contribution in [3.63, 3.8) is 0 Å². The molecule has 4 heteroatoms. The normalized spacial score (nSPS) is 12.9. The van der Waals surface area contributed by atoms with Crippen molar-refractivity contribution in [1.29, 1.82) is 0 Å². The highest BCUT2D eigenvalue weighted by atomic mass is 28.3. The van der Waals surface area contributed by atoms with Crippen molar-refractivity contribution in [3.8, 4) is 0 Å². The standard InChI is InChI=1S/C20H22O3Si/c1-5-8-16(20(21)22)15-10-6-9-13-14-11-7-12-17(24(2,3)4)19(14)23-18(13)15/h6-12H,5H2,1-4H3,(H,21,22). The summed E-state index contributed by atoms with van der Waals surface area (Å²) in [5, 5.41) is 12.9. The highest BCUT2D eigenvalue weighted by Crippen LogP contribution is 2.34. The molecule has 0 unspecified atom stereocenters. The van der Waals surface area contributed by atoms with Crippen molar-refractivity contribution in [3.05, 3.63) is 48.0 Å². The van der Waals surface area contributed by atoms with Crippen LogP contribution in [0.5, 0.6) is 0 Å². The summed E-state index contributed by atoms with van der Waals surface area (Å²) in [6.07, 6.45) is 2.40.